The Morgan fingerprint density at radius 2 is 1.86 bits per heavy atom. The predicted molar refractivity (Wildman–Crippen MR) is 84.7 cm³/mol. The second-order valence-corrected chi connectivity index (χ2v) is 6.19. The summed E-state index contributed by atoms with van der Waals surface area (Å²) in [5.41, 5.74) is 0.514. The summed E-state index contributed by atoms with van der Waals surface area (Å²) >= 11 is 0. The van der Waals surface area contributed by atoms with Crippen LogP contribution in [0.1, 0.15) is 50.5 Å². The molecule has 22 heavy (non-hydrogen) atoms. The lowest BCUT2D eigenvalue weighted by Gasteiger charge is -2.29. The van der Waals surface area contributed by atoms with Crippen LogP contribution in [0.25, 0.3) is 0 Å². The van der Waals surface area contributed by atoms with E-state index >= 15 is 0 Å². The van der Waals surface area contributed by atoms with Crippen LogP contribution in [0.4, 0.5) is 11.8 Å². The maximum Gasteiger partial charge on any atom is 0.224 e. The number of nitrogens with one attached hydrogen (secondary N) is 2. The van der Waals surface area contributed by atoms with Crippen LogP contribution in [0.15, 0.2) is 6.20 Å². The number of nitrogens with zero attached hydrogens (tertiary/aromatic N) is 3. The molecule has 0 bridgehead atoms. The van der Waals surface area contributed by atoms with Crippen LogP contribution >= 0.6 is 0 Å². The van der Waals surface area contributed by atoms with Gasteiger partial charge in [0.2, 0.25) is 5.95 Å². The van der Waals surface area contributed by atoms with E-state index in [-0.39, 0.29) is 0 Å². The fourth-order valence-electron chi connectivity index (χ4n) is 3.01. The minimum Gasteiger partial charge on any atom is -0.381 e. The van der Waals surface area contributed by atoms with Gasteiger partial charge in [-0.2, -0.15) is 10.2 Å². The minimum atomic E-state index is 0.385. The lowest BCUT2D eigenvalue weighted by atomic mass is 9.93. The normalized spacial score (nSPS) is 25.1. The molecule has 2 aliphatic rings. The van der Waals surface area contributed by atoms with Crippen LogP contribution in [0.5, 0.6) is 0 Å². The van der Waals surface area contributed by atoms with Gasteiger partial charge in [0.25, 0.3) is 0 Å². The number of hydrogen-bond donors (Lipinski definition) is 2. The Hall–Kier alpha value is -1.87. The first-order chi connectivity index (χ1) is 10.8. The van der Waals surface area contributed by atoms with Crippen LogP contribution < -0.4 is 10.6 Å². The first-order valence-electron chi connectivity index (χ1n) is 8.11. The molecule has 0 unspecified atom stereocenters. The maximum atomic E-state index is 9.19. The maximum absolute atomic E-state index is 9.19. The summed E-state index contributed by atoms with van der Waals surface area (Å²) in [6.45, 7) is 0. The summed E-state index contributed by atoms with van der Waals surface area (Å²) < 4.78 is 5.40. The van der Waals surface area contributed by atoms with E-state index in [0.29, 0.717) is 35.5 Å². The summed E-state index contributed by atoms with van der Waals surface area (Å²) in [5, 5.41) is 15.9. The Morgan fingerprint density at radius 3 is 2.45 bits per heavy atom. The molecule has 0 atom stereocenters. The van der Waals surface area contributed by atoms with Gasteiger partial charge in [0.15, 0.2) is 0 Å². The molecule has 0 aromatic carbocycles. The van der Waals surface area contributed by atoms with Gasteiger partial charge < -0.3 is 15.4 Å². The van der Waals surface area contributed by atoms with Crippen molar-refractivity contribution >= 4 is 11.8 Å². The van der Waals surface area contributed by atoms with Crippen molar-refractivity contribution in [1.82, 2.24) is 9.97 Å². The second kappa shape index (κ2) is 6.93. The van der Waals surface area contributed by atoms with E-state index in [4.69, 9.17) is 4.74 Å². The van der Waals surface area contributed by atoms with Crippen molar-refractivity contribution in [2.45, 2.75) is 63.1 Å². The van der Waals surface area contributed by atoms with Crippen molar-refractivity contribution in [3.05, 3.63) is 11.8 Å². The summed E-state index contributed by atoms with van der Waals surface area (Å²) in [7, 11) is 1.78. The molecule has 2 saturated carbocycles. The zero-order chi connectivity index (χ0) is 15.4. The van der Waals surface area contributed by atoms with Crippen LogP contribution in [-0.2, 0) is 4.74 Å². The van der Waals surface area contributed by atoms with Gasteiger partial charge in [0, 0.05) is 19.2 Å². The van der Waals surface area contributed by atoms with Gasteiger partial charge in [0.05, 0.1) is 12.3 Å². The van der Waals surface area contributed by atoms with E-state index in [2.05, 4.69) is 26.7 Å². The summed E-state index contributed by atoms with van der Waals surface area (Å²) in [6, 6.07) is 3.00. The molecule has 0 amide bonds. The average Bonchev–Trinajstić information content (AvgIpc) is 2.52. The van der Waals surface area contributed by atoms with E-state index in [1.165, 1.54) is 6.42 Å². The highest BCUT2D eigenvalue weighted by molar-refractivity contribution is 5.54. The monoisotopic (exact) mass is 301 g/mol. The zero-order valence-electron chi connectivity index (χ0n) is 13.0. The highest BCUT2D eigenvalue weighted by Gasteiger charge is 2.22. The molecule has 118 valence electrons. The van der Waals surface area contributed by atoms with Crippen LogP contribution in [0, 0.1) is 11.3 Å². The second-order valence-electron chi connectivity index (χ2n) is 6.19. The number of rotatable bonds is 5. The summed E-state index contributed by atoms with van der Waals surface area (Å²) in [5.74, 6) is 1.27. The number of methoxy groups -OCH3 is 1. The molecule has 0 aliphatic heterocycles. The lowest BCUT2D eigenvalue weighted by Crippen LogP contribution is -2.30. The van der Waals surface area contributed by atoms with Gasteiger partial charge in [-0.3, -0.25) is 0 Å². The SMILES string of the molecule is CO[C@H]1CC[C@H](Nc2ncc(C#N)c(NC3CCC3)n2)CC1. The third-order valence-corrected chi connectivity index (χ3v) is 4.70. The van der Waals surface area contributed by atoms with Crippen molar-refractivity contribution in [2.24, 2.45) is 0 Å². The quantitative estimate of drug-likeness (QED) is 0.870. The Morgan fingerprint density at radius 1 is 1.14 bits per heavy atom. The number of anilines is 2. The number of nitriles is 1. The van der Waals surface area contributed by atoms with E-state index < -0.39 is 0 Å². The van der Waals surface area contributed by atoms with Crippen LogP contribution in [-0.4, -0.2) is 35.3 Å². The van der Waals surface area contributed by atoms with E-state index in [9.17, 15) is 5.26 Å². The van der Waals surface area contributed by atoms with Crippen molar-refractivity contribution in [1.29, 1.82) is 5.26 Å². The molecule has 0 spiro atoms. The Labute approximate surface area is 131 Å². The molecule has 1 aromatic rings. The fourth-order valence-corrected chi connectivity index (χ4v) is 3.01. The van der Waals surface area contributed by atoms with Gasteiger partial charge in [-0.25, -0.2) is 4.98 Å². The predicted octanol–water partition coefficient (Wildman–Crippen LogP) is 2.68. The number of hydrogen-bond acceptors (Lipinski definition) is 6. The Balaban J connectivity index is 1.63. The molecular formula is C16H23N5O. The number of aromatic nitrogens is 2. The fraction of sp³-hybridized carbons (Fsp3) is 0.688. The van der Waals surface area contributed by atoms with E-state index in [1.807, 2.05) is 0 Å². The van der Waals surface area contributed by atoms with Gasteiger partial charge >= 0.3 is 0 Å². The van der Waals surface area contributed by atoms with Gasteiger partial charge in [-0.05, 0) is 44.9 Å². The zero-order valence-corrected chi connectivity index (χ0v) is 13.0. The highest BCUT2D eigenvalue weighted by Crippen LogP contribution is 2.26. The summed E-state index contributed by atoms with van der Waals surface area (Å²) in [6.07, 6.45) is 9.80. The van der Waals surface area contributed by atoms with Gasteiger partial charge in [0.1, 0.15) is 17.5 Å². The molecule has 1 heterocycles. The van der Waals surface area contributed by atoms with Crippen molar-refractivity contribution in [3.8, 4) is 6.07 Å². The lowest BCUT2D eigenvalue weighted by molar-refractivity contribution is 0.0681. The largest absolute Gasteiger partial charge is 0.381 e. The molecule has 2 N–H and O–H groups in total. The molecule has 2 aliphatic carbocycles. The summed E-state index contributed by atoms with van der Waals surface area (Å²) in [4.78, 5) is 8.79. The first-order valence-corrected chi connectivity index (χ1v) is 8.11. The number of ether oxygens (including phenoxy) is 1. The highest BCUT2D eigenvalue weighted by atomic mass is 16.5. The van der Waals surface area contributed by atoms with E-state index in [1.54, 1.807) is 13.3 Å². The van der Waals surface area contributed by atoms with Crippen molar-refractivity contribution < 1.29 is 4.74 Å². The standard InChI is InChI=1S/C16H23N5O/c1-22-14-7-5-13(6-8-14)20-16-18-10-11(9-17)15(21-16)19-12-3-2-4-12/h10,12-14H,2-8H2,1H3,(H2,18,19,20,21)/t13-,14-. The minimum absolute atomic E-state index is 0.385. The van der Waals surface area contributed by atoms with Crippen molar-refractivity contribution in [3.63, 3.8) is 0 Å². The van der Waals surface area contributed by atoms with Crippen molar-refractivity contribution in [2.75, 3.05) is 17.7 Å². The average molecular weight is 301 g/mol. The third-order valence-electron chi connectivity index (χ3n) is 4.70. The molecule has 2 fully saturated rings. The van der Waals surface area contributed by atoms with Crippen LogP contribution in [0.3, 0.4) is 0 Å². The van der Waals surface area contributed by atoms with Crippen LogP contribution in [0.2, 0.25) is 0 Å². The molecule has 1 aromatic heterocycles. The topological polar surface area (TPSA) is 82.9 Å². The molecule has 0 saturated heterocycles. The van der Waals surface area contributed by atoms with E-state index in [0.717, 1.165) is 38.5 Å². The first kappa shape index (κ1) is 15.0. The molecule has 3 rings (SSSR count). The van der Waals surface area contributed by atoms with Gasteiger partial charge in [-0.1, -0.05) is 0 Å². The smallest absolute Gasteiger partial charge is 0.224 e. The van der Waals surface area contributed by atoms with Gasteiger partial charge in [-0.15, -0.1) is 0 Å². The Kier molecular flexibility index (Phi) is 4.74. The molecule has 6 heteroatoms. The molecule has 0 radical (unpaired) electrons. The molecular weight excluding hydrogens is 278 g/mol. The third kappa shape index (κ3) is 3.47. The molecule has 6 nitrogen and oxygen atoms in total. The Bertz CT molecular complexity index is 544.